The third kappa shape index (κ3) is 3.03. The van der Waals surface area contributed by atoms with E-state index in [1.807, 2.05) is 0 Å². The van der Waals surface area contributed by atoms with Gasteiger partial charge in [-0.15, -0.1) is 0 Å². The van der Waals surface area contributed by atoms with E-state index in [0.29, 0.717) is 11.8 Å². The van der Waals surface area contributed by atoms with Gasteiger partial charge in [0.05, 0.1) is 6.04 Å². The van der Waals surface area contributed by atoms with Crippen LogP contribution in [0.15, 0.2) is 30.3 Å². The predicted molar refractivity (Wildman–Crippen MR) is 91.9 cm³/mol. The summed E-state index contributed by atoms with van der Waals surface area (Å²) in [6, 6.07) is 10.8. The Morgan fingerprint density at radius 1 is 1.13 bits per heavy atom. The van der Waals surface area contributed by atoms with Crippen LogP contribution >= 0.6 is 0 Å². The molecule has 3 nitrogen and oxygen atoms in total. The van der Waals surface area contributed by atoms with Crippen LogP contribution < -0.4 is 0 Å². The van der Waals surface area contributed by atoms with Crippen molar-refractivity contribution in [1.29, 1.82) is 0 Å². The van der Waals surface area contributed by atoms with Gasteiger partial charge in [-0.2, -0.15) is 0 Å². The lowest BCUT2D eigenvalue weighted by molar-refractivity contribution is -0.137. The lowest BCUT2D eigenvalue weighted by Crippen LogP contribution is -2.49. The Hall–Kier alpha value is -1.35. The van der Waals surface area contributed by atoms with Gasteiger partial charge in [-0.1, -0.05) is 36.8 Å². The lowest BCUT2D eigenvalue weighted by atomic mass is 9.86. The summed E-state index contributed by atoms with van der Waals surface area (Å²) >= 11 is 0. The molecule has 4 atom stereocenters. The first-order valence-electron chi connectivity index (χ1n) is 9.23. The third-order valence-electron chi connectivity index (χ3n) is 6.41. The second-order valence-electron chi connectivity index (χ2n) is 7.91. The molecule has 1 aliphatic heterocycles. The number of carbonyl (C=O) groups is 1. The summed E-state index contributed by atoms with van der Waals surface area (Å²) < 4.78 is 0. The Morgan fingerprint density at radius 2 is 1.96 bits per heavy atom. The van der Waals surface area contributed by atoms with Crippen LogP contribution in [0, 0.1) is 17.8 Å². The van der Waals surface area contributed by atoms with Crippen LogP contribution in [0.3, 0.4) is 0 Å². The maximum absolute atomic E-state index is 13.0. The van der Waals surface area contributed by atoms with E-state index >= 15 is 0 Å². The molecule has 2 aliphatic carbocycles. The molecule has 2 bridgehead atoms. The molecule has 4 rings (SSSR count). The smallest absolute Gasteiger partial charge is 0.223 e. The molecule has 23 heavy (non-hydrogen) atoms. The highest BCUT2D eigenvalue weighted by molar-refractivity contribution is 5.77. The average Bonchev–Trinajstić information content (AvgIpc) is 3.18. The number of benzene rings is 1. The van der Waals surface area contributed by atoms with Gasteiger partial charge in [0.25, 0.3) is 0 Å². The summed E-state index contributed by atoms with van der Waals surface area (Å²) in [5.74, 6) is 2.82. The van der Waals surface area contributed by atoms with Gasteiger partial charge in [0, 0.05) is 26.1 Å². The fourth-order valence-corrected chi connectivity index (χ4v) is 5.15. The molecule has 0 radical (unpaired) electrons. The maximum atomic E-state index is 13.0. The molecule has 1 aromatic carbocycles. The lowest BCUT2D eigenvalue weighted by Gasteiger charge is -2.41. The van der Waals surface area contributed by atoms with Gasteiger partial charge in [0.1, 0.15) is 0 Å². The number of piperazine rings is 1. The van der Waals surface area contributed by atoms with E-state index in [1.54, 1.807) is 0 Å². The molecule has 2 saturated carbocycles. The summed E-state index contributed by atoms with van der Waals surface area (Å²) in [4.78, 5) is 17.5. The average molecular weight is 312 g/mol. The quantitative estimate of drug-likeness (QED) is 0.855. The van der Waals surface area contributed by atoms with Crippen molar-refractivity contribution in [2.75, 3.05) is 26.7 Å². The van der Waals surface area contributed by atoms with Crippen molar-refractivity contribution in [1.82, 2.24) is 9.80 Å². The predicted octanol–water partition coefficient (Wildman–Crippen LogP) is 3.33. The Kier molecular flexibility index (Phi) is 4.14. The van der Waals surface area contributed by atoms with Crippen molar-refractivity contribution in [3.8, 4) is 0 Å². The van der Waals surface area contributed by atoms with E-state index in [1.165, 1.54) is 31.2 Å². The second-order valence-corrected chi connectivity index (χ2v) is 7.91. The van der Waals surface area contributed by atoms with Crippen LogP contribution in [0.1, 0.15) is 43.7 Å². The van der Waals surface area contributed by atoms with Crippen molar-refractivity contribution in [3.63, 3.8) is 0 Å². The van der Waals surface area contributed by atoms with Gasteiger partial charge in [0.2, 0.25) is 5.91 Å². The monoisotopic (exact) mass is 312 g/mol. The first kappa shape index (κ1) is 15.2. The minimum absolute atomic E-state index is 0.223. The third-order valence-corrected chi connectivity index (χ3v) is 6.41. The number of nitrogens with zero attached hydrogens (tertiary/aromatic N) is 2. The van der Waals surface area contributed by atoms with Crippen LogP contribution in [0.25, 0.3) is 0 Å². The molecule has 3 aliphatic rings. The van der Waals surface area contributed by atoms with Gasteiger partial charge >= 0.3 is 0 Å². The highest BCUT2D eigenvalue weighted by Gasteiger charge is 2.41. The fourth-order valence-electron chi connectivity index (χ4n) is 5.15. The first-order chi connectivity index (χ1) is 11.2. The second kappa shape index (κ2) is 6.27. The van der Waals surface area contributed by atoms with Crippen molar-refractivity contribution in [2.45, 2.75) is 38.1 Å². The zero-order valence-corrected chi connectivity index (χ0v) is 14.2. The zero-order valence-electron chi connectivity index (χ0n) is 14.2. The van der Waals surface area contributed by atoms with Gasteiger partial charge < -0.3 is 9.80 Å². The van der Waals surface area contributed by atoms with Crippen molar-refractivity contribution in [2.24, 2.45) is 17.8 Å². The molecule has 1 heterocycles. The van der Waals surface area contributed by atoms with Crippen LogP contribution in [0.2, 0.25) is 0 Å². The largest absolute Gasteiger partial charge is 0.333 e. The Bertz CT molecular complexity index is 558. The van der Waals surface area contributed by atoms with E-state index in [9.17, 15) is 4.79 Å². The minimum atomic E-state index is 0.223. The van der Waals surface area contributed by atoms with Crippen LogP contribution in [-0.4, -0.2) is 42.4 Å². The summed E-state index contributed by atoms with van der Waals surface area (Å²) in [6.07, 6.45) is 6.27. The number of fused-ring (bicyclic) bond motifs is 2. The topological polar surface area (TPSA) is 23.6 Å². The highest BCUT2D eigenvalue weighted by atomic mass is 16.2. The number of hydrogen-bond donors (Lipinski definition) is 0. The minimum Gasteiger partial charge on any atom is -0.333 e. The standard InChI is InChI=1S/C20H28N2O/c1-21-9-10-22(19(14-21)16-5-3-2-4-6-16)20(23)13-18-12-15-7-8-17(18)11-15/h2-6,15,17-19H,7-14H2,1H3/t15-,17-,18-,19+/m0/s1. The molecule has 0 aromatic heterocycles. The summed E-state index contributed by atoms with van der Waals surface area (Å²) in [5, 5.41) is 0. The van der Waals surface area contributed by atoms with Crippen LogP contribution in [0.5, 0.6) is 0 Å². The van der Waals surface area contributed by atoms with Crippen LogP contribution in [0.4, 0.5) is 0 Å². The fraction of sp³-hybridized carbons (Fsp3) is 0.650. The molecule has 1 aromatic rings. The Labute approximate surface area is 139 Å². The molecule has 3 fully saturated rings. The molecular weight excluding hydrogens is 284 g/mol. The molecule has 1 saturated heterocycles. The number of hydrogen-bond acceptors (Lipinski definition) is 2. The maximum Gasteiger partial charge on any atom is 0.223 e. The van der Waals surface area contributed by atoms with Gasteiger partial charge in [0.15, 0.2) is 0 Å². The van der Waals surface area contributed by atoms with Crippen LogP contribution in [-0.2, 0) is 4.79 Å². The van der Waals surface area contributed by atoms with E-state index in [4.69, 9.17) is 0 Å². The van der Waals surface area contributed by atoms with Crippen molar-refractivity contribution < 1.29 is 4.79 Å². The SMILES string of the molecule is CN1CCN(C(=O)C[C@@H]2C[C@H]3CC[C@H]2C3)[C@@H](c2ccccc2)C1. The normalized spacial score (nSPS) is 34.0. The summed E-state index contributed by atoms with van der Waals surface area (Å²) in [5.41, 5.74) is 1.28. The Morgan fingerprint density at radius 3 is 2.65 bits per heavy atom. The van der Waals surface area contributed by atoms with E-state index in [-0.39, 0.29) is 6.04 Å². The van der Waals surface area contributed by atoms with E-state index in [0.717, 1.165) is 37.9 Å². The number of rotatable bonds is 3. The van der Waals surface area contributed by atoms with Crippen molar-refractivity contribution in [3.05, 3.63) is 35.9 Å². The molecular formula is C20H28N2O. The molecule has 3 heteroatoms. The number of carbonyl (C=O) groups excluding carboxylic acids is 1. The van der Waals surface area contributed by atoms with Gasteiger partial charge in [-0.25, -0.2) is 0 Å². The van der Waals surface area contributed by atoms with Crippen molar-refractivity contribution >= 4 is 5.91 Å². The van der Waals surface area contributed by atoms with E-state index < -0.39 is 0 Å². The molecule has 0 unspecified atom stereocenters. The number of amides is 1. The van der Waals surface area contributed by atoms with Gasteiger partial charge in [-0.05, 0) is 49.6 Å². The highest BCUT2D eigenvalue weighted by Crippen LogP contribution is 2.49. The molecule has 0 N–H and O–H groups in total. The Balaban J connectivity index is 1.47. The van der Waals surface area contributed by atoms with E-state index in [2.05, 4.69) is 47.2 Å². The molecule has 0 spiro atoms. The summed E-state index contributed by atoms with van der Waals surface area (Å²) in [7, 11) is 2.16. The zero-order chi connectivity index (χ0) is 15.8. The first-order valence-corrected chi connectivity index (χ1v) is 9.23. The van der Waals surface area contributed by atoms with Gasteiger partial charge in [-0.3, -0.25) is 4.79 Å². The summed E-state index contributed by atoms with van der Waals surface area (Å²) in [6.45, 7) is 2.81. The molecule has 1 amide bonds. The molecule has 124 valence electrons. The number of likely N-dealkylation sites (N-methyl/N-ethyl adjacent to an activating group) is 1.